The molecule has 1 aliphatic heterocycles. The van der Waals surface area contributed by atoms with Gasteiger partial charge in [0.2, 0.25) is 5.89 Å². The minimum Gasteiger partial charge on any atom is -0.482 e. The number of carbonyl (C=O) groups excluding carboxylic acids is 1. The maximum atomic E-state index is 13.0. The van der Waals surface area contributed by atoms with E-state index in [0.29, 0.717) is 12.3 Å². The second-order valence-corrected chi connectivity index (χ2v) is 6.10. The minimum atomic E-state index is -0.450. The van der Waals surface area contributed by atoms with Gasteiger partial charge in [-0.1, -0.05) is 11.6 Å². The Hall–Kier alpha value is -2.12. The lowest BCUT2D eigenvalue weighted by Crippen LogP contribution is -2.35. The zero-order valence-electron chi connectivity index (χ0n) is 13.5. The van der Waals surface area contributed by atoms with E-state index >= 15 is 0 Å². The molecule has 1 aliphatic rings. The first-order valence-electron chi connectivity index (χ1n) is 8.04. The summed E-state index contributed by atoms with van der Waals surface area (Å²) in [5.41, 5.74) is 0.166. The van der Waals surface area contributed by atoms with Crippen LogP contribution in [-0.2, 0) is 11.3 Å². The van der Waals surface area contributed by atoms with Crippen LogP contribution in [0.15, 0.2) is 28.9 Å². The van der Waals surface area contributed by atoms with Crippen LogP contribution in [0.3, 0.4) is 0 Å². The monoisotopic (exact) mass is 368 g/mol. The quantitative estimate of drug-likeness (QED) is 0.846. The van der Waals surface area contributed by atoms with Crippen LogP contribution in [0.2, 0.25) is 5.02 Å². The molecule has 1 amide bonds. The van der Waals surface area contributed by atoms with Crippen LogP contribution in [0, 0.1) is 5.82 Å². The van der Waals surface area contributed by atoms with Gasteiger partial charge in [-0.25, -0.2) is 9.37 Å². The van der Waals surface area contributed by atoms with Gasteiger partial charge in [-0.05, 0) is 37.5 Å². The molecular formula is C17H18ClFN2O4. The minimum absolute atomic E-state index is 0.0234. The maximum Gasteiger partial charge on any atom is 0.273 e. The van der Waals surface area contributed by atoms with Crippen molar-refractivity contribution in [1.82, 2.24) is 10.3 Å². The van der Waals surface area contributed by atoms with E-state index in [0.717, 1.165) is 31.9 Å². The molecule has 0 bridgehead atoms. The van der Waals surface area contributed by atoms with Gasteiger partial charge < -0.3 is 19.2 Å². The third-order valence-electron chi connectivity index (χ3n) is 3.79. The third kappa shape index (κ3) is 4.93. The molecule has 0 saturated carbocycles. The Morgan fingerprint density at radius 3 is 3.08 bits per heavy atom. The van der Waals surface area contributed by atoms with Crippen LogP contribution in [0.5, 0.6) is 5.75 Å². The van der Waals surface area contributed by atoms with E-state index in [9.17, 15) is 9.18 Å². The number of ether oxygens (including phenoxy) is 2. The van der Waals surface area contributed by atoms with Crippen LogP contribution < -0.4 is 10.1 Å². The lowest BCUT2D eigenvalue weighted by molar-refractivity contribution is 0.0168. The summed E-state index contributed by atoms with van der Waals surface area (Å²) in [4.78, 5) is 16.1. The normalized spacial score (nSPS) is 17.3. The van der Waals surface area contributed by atoms with E-state index < -0.39 is 5.82 Å². The highest BCUT2D eigenvalue weighted by Crippen LogP contribution is 2.25. The number of hydrogen-bond donors (Lipinski definition) is 1. The fourth-order valence-electron chi connectivity index (χ4n) is 2.48. The first kappa shape index (κ1) is 17.7. The summed E-state index contributed by atoms with van der Waals surface area (Å²) in [6.07, 6.45) is 4.43. The summed E-state index contributed by atoms with van der Waals surface area (Å²) < 4.78 is 29.2. The zero-order chi connectivity index (χ0) is 17.6. The molecule has 3 rings (SSSR count). The first-order valence-corrected chi connectivity index (χ1v) is 8.41. The number of hydrogen-bond acceptors (Lipinski definition) is 5. The summed E-state index contributed by atoms with van der Waals surface area (Å²) in [7, 11) is 0. The number of halogens is 2. The van der Waals surface area contributed by atoms with Gasteiger partial charge in [0, 0.05) is 13.2 Å². The van der Waals surface area contributed by atoms with Crippen LogP contribution in [0.4, 0.5) is 4.39 Å². The van der Waals surface area contributed by atoms with Crippen molar-refractivity contribution in [2.24, 2.45) is 0 Å². The number of amides is 1. The van der Waals surface area contributed by atoms with Gasteiger partial charge >= 0.3 is 0 Å². The molecule has 1 fully saturated rings. The Balaban J connectivity index is 1.50. The molecule has 2 heterocycles. The number of aromatic nitrogens is 1. The molecule has 1 aromatic carbocycles. The van der Waals surface area contributed by atoms with E-state index in [-0.39, 0.29) is 35.2 Å². The fraction of sp³-hybridized carbons (Fsp3) is 0.412. The van der Waals surface area contributed by atoms with Crippen molar-refractivity contribution in [3.63, 3.8) is 0 Å². The van der Waals surface area contributed by atoms with E-state index in [1.165, 1.54) is 18.4 Å². The van der Waals surface area contributed by atoms with Gasteiger partial charge in [-0.3, -0.25) is 4.79 Å². The van der Waals surface area contributed by atoms with E-state index in [2.05, 4.69) is 10.3 Å². The Kier molecular flexibility index (Phi) is 5.88. The number of oxazole rings is 1. The Labute approximate surface area is 149 Å². The van der Waals surface area contributed by atoms with Crippen molar-refractivity contribution in [2.75, 3.05) is 13.2 Å². The lowest BCUT2D eigenvalue weighted by atomic mass is 10.1. The number of nitrogens with one attached hydrogen (secondary N) is 1. The molecule has 1 N–H and O–H groups in total. The van der Waals surface area contributed by atoms with Gasteiger partial charge in [0.05, 0.1) is 11.1 Å². The van der Waals surface area contributed by atoms with Gasteiger partial charge in [0.15, 0.2) is 12.3 Å². The Bertz CT molecular complexity index is 731. The van der Waals surface area contributed by atoms with Crippen molar-refractivity contribution in [3.05, 3.63) is 46.9 Å². The molecule has 1 aromatic heterocycles. The van der Waals surface area contributed by atoms with Gasteiger partial charge in [0.25, 0.3) is 5.91 Å². The molecule has 6 nitrogen and oxygen atoms in total. The van der Waals surface area contributed by atoms with Gasteiger partial charge in [-0.15, -0.1) is 0 Å². The number of carbonyl (C=O) groups is 1. The van der Waals surface area contributed by atoms with Gasteiger partial charge in [0.1, 0.15) is 17.8 Å². The number of rotatable bonds is 6. The summed E-state index contributed by atoms with van der Waals surface area (Å²) in [6.45, 7) is 1.16. The van der Waals surface area contributed by atoms with Crippen molar-refractivity contribution < 1.29 is 23.1 Å². The van der Waals surface area contributed by atoms with Crippen LogP contribution >= 0.6 is 11.6 Å². The summed E-state index contributed by atoms with van der Waals surface area (Å²) in [5.74, 6) is -0.250. The highest BCUT2D eigenvalue weighted by molar-refractivity contribution is 6.32. The molecule has 2 aromatic rings. The molecule has 1 saturated heterocycles. The molecule has 0 aliphatic carbocycles. The molecular weight excluding hydrogens is 351 g/mol. The smallest absolute Gasteiger partial charge is 0.273 e. The summed E-state index contributed by atoms with van der Waals surface area (Å²) in [5, 5.41) is 2.93. The topological polar surface area (TPSA) is 73.6 Å². The van der Waals surface area contributed by atoms with Crippen LogP contribution in [-0.4, -0.2) is 30.1 Å². The SMILES string of the molecule is O=C(NC[C@H]1CCCCO1)c1coc(COc2ccc(F)cc2Cl)n1. The van der Waals surface area contributed by atoms with Crippen LogP contribution in [0.1, 0.15) is 35.6 Å². The fourth-order valence-corrected chi connectivity index (χ4v) is 2.70. The molecule has 0 unspecified atom stereocenters. The van der Waals surface area contributed by atoms with E-state index in [1.807, 2.05) is 0 Å². The van der Waals surface area contributed by atoms with E-state index in [1.54, 1.807) is 0 Å². The van der Waals surface area contributed by atoms with Gasteiger partial charge in [-0.2, -0.15) is 0 Å². The highest BCUT2D eigenvalue weighted by Gasteiger charge is 2.17. The molecule has 1 atom stereocenters. The van der Waals surface area contributed by atoms with Crippen molar-refractivity contribution in [1.29, 1.82) is 0 Å². The third-order valence-corrected chi connectivity index (χ3v) is 4.09. The largest absolute Gasteiger partial charge is 0.482 e. The second-order valence-electron chi connectivity index (χ2n) is 5.69. The van der Waals surface area contributed by atoms with Crippen LogP contribution in [0.25, 0.3) is 0 Å². The molecule has 0 spiro atoms. The average Bonchev–Trinajstić information content (AvgIpc) is 3.09. The molecule has 25 heavy (non-hydrogen) atoms. The molecule has 134 valence electrons. The Morgan fingerprint density at radius 1 is 1.44 bits per heavy atom. The number of nitrogens with zero attached hydrogens (tertiary/aromatic N) is 1. The zero-order valence-corrected chi connectivity index (χ0v) is 14.2. The predicted molar refractivity (Wildman–Crippen MR) is 88.2 cm³/mol. The average molecular weight is 369 g/mol. The summed E-state index contributed by atoms with van der Waals surface area (Å²) >= 11 is 5.87. The lowest BCUT2D eigenvalue weighted by Gasteiger charge is -2.22. The maximum absolute atomic E-state index is 13.0. The molecule has 8 heteroatoms. The highest BCUT2D eigenvalue weighted by atomic mass is 35.5. The standard InChI is InChI=1S/C17H18ClFN2O4/c18-13-7-11(19)4-5-15(13)24-10-16-21-14(9-25-16)17(22)20-8-12-3-1-2-6-23-12/h4-5,7,9,12H,1-3,6,8,10H2,(H,20,22)/t12-/m1/s1. The van der Waals surface area contributed by atoms with Crippen molar-refractivity contribution in [3.8, 4) is 5.75 Å². The Morgan fingerprint density at radius 2 is 2.32 bits per heavy atom. The van der Waals surface area contributed by atoms with Crippen molar-refractivity contribution >= 4 is 17.5 Å². The van der Waals surface area contributed by atoms with Crippen molar-refractivity contribution in [2.45, 2.75) is 32.0 Å². The van der Waals surface area contributed by atoms with E-state index in [4.69, 9.17) is 25.5 Å². The second kappa shape index (κ2) is 8.31. The predicted octanol–water partition coefficient (Wildman–Crippen LogP) is 3.35. The number of benzene rings is 1. The summed E-state index contributed by atoms with van der Waals surface area (Å²) in [6, 6.07) is 3.81. The molecule has 0 radical (unpaired) electrons. The first-order chi connectivity index (χ1) is 12.1.